The van der Waals surface area contributed by atoms with Gasteiger partial charge in [-0.1, -0.05) is 44.9 Å². The molecule has 2 N–H and O–H groups in total. The van der Waals surface area contributed by atoms with Crippen molar-refractivity contribution >= 4 is 0 Å². The zero-order valence-electron chi connectivity index (χ0n) is 11.9. The lowest BCUT2D eigenvalue weighted by atomic mass is 9.84. The monoisotopic (exact) mass is 253 g/mol. The summed E-state index contributed by atoms with van der Waals surface area (Å²) in [5, 5.41) is 0. The van der Waals surface area contributed by atoms with Crippen molar-refractivity contribution in [3.63, 3.8) is 0 Å². The van der Waals surface area contributed by atoms with Gasteiger partial charge in [-0.05, 0) is 37.5 Å². The minimum absolute atomic E-state index is 0.288. The molecule has 2 heteroatoms. The molecule has 2 fully saturated rings. The highest BCUT2D eigenvalue weighted by atomic mass is 16.5. The van der Waals surface area contributed by atoms with E-state index < -0.39 is 0 Å². The van der Waals surface area contributed by atoms with Crippen molar-refractivity contribution in [3.05, 3.63) is 0 Å². The Morgan fingerprint density at radius 3 is 2.06 bits per heavy atom. The van der Waals surface area contributed by atoms with Crippen LogP contribution in [-0.4, -0.2) is 19.3 Å². The molecule has 1 atom stereocenters. The van der Waals surface area contributed by atoms with Crippen molar-refractivity contribution in [2.24, 2.45) is 17.6 Å². The molecule has 0 aliphatic heterocycles. The molecule has 0 aromatic heterocycles. The summed E-state index contributed by atoms with van der Waals surface area (Å²) in [7, 11) is 0. The fraction of sp³-hybridized carbons (Fsp3) is 1.00. The van der Waals surface area contributed by atoms with Gasteiger partial charge in [-0.3, -0.25) is 0 Å². The topological polar surface area (TPSA) is 35.2 Å². The second-order valence-electron chi connectivity index (χ2n) is 6.46. The first kappa shape index (κ1) is 14.3. The Kier molecular flexibility index (Phi) is 6.50. The highest BCUT2D eigenvalue weighted by molar-refractivity contribution is 4.76. The molecule has 106 valence electrons. The summed E-state index contributed by atoms with van der Waals surface area (Å²) in [6.45, 7) is 1.75. The summed E-state index contributed by atoms with van der Waals surface area (Å²) < 4.78 is 5.92. The van der Waals surface area contributed by atoms with Gasteiger partial charge in [-0.15, -0.1) is 0 Å². The van der Waals surface area contributed by atoms with Crippen LogP contribution in [0.1, 0.15) is 70.6 Å². The molecule has 0 bridgehead atoms. The fourth-order valence-electron chi connectivity index (χ4n) is 3.60. The molecule has 0 amide bonds. The van der Waals surface area contributed by atoms with E-state index >= 15 is 0 Å². The third kappa shape index (κ3) is 4.89. The van der Waals surface area contributed by atoms with Crippen LogP contribution < -0.4 is 5.73 Å². The van der Waals surface area contributed by atoms with Crippen LogP contribution in [-0.2, 0) is 4.74 Å². The second kappa shape index (κ2) is 8.16. The van der Waals surface area contributed by atoms with Gasteiger partial charge in [0.25, 0.3) is 0 Å². The number of hydrogen-bond acceptors (Lipinski definition) is 2. The second-order valence-corrected chi connectivity index (χ2v) is 6.46. The van der Waals surface area contributed by atoms with E-state index in [0.29, 0.717) is 0 Å². The van der Waals surface area contributed by atoms with Crippen molar-refractivity contribution in [1.29, 1.82) is 0 Å². The Bertz CT molecular complexity index is 205. The molecule has 0 radical (unpaired) electrons. The maximum atomic E-state index is 6.27. The normalized spacial score (nSPS) is 25.8. The van der Waals surface area contributed by atoms with Gasteiger partial charge < -0.3 is 10.5 Å². The smallest absolute Gasteiger partial charge is 0.0620 e. The summed E-state index contributed by atoms with van der Waals surface area (Å²) in [6.07, 6.45) is 15.2. The molecular weight excluding hydrogens is 222 g/mol. The Balaban J connectivity index is 1.58. The maximum absolute atomic E-state index is 6.27. The van der Waals surface area contributed by atoms with Gasteiger partial charge in [0.1, 0.15) is 0 Å². The van der Waals surface area contributed by atoms with Gasteiger partial charge in [0.2, 0.25) is 0 Å². The van der Waals surface area contributed by atoms with Crippen LogP contribution in [0.2, 0.25) is 0 Å². The quantitative estimate of drug-likeness (QED) is 0.755. The predicted molar refractivity (Wildman–Crippen MR) is 76.6 cm³/mol. The molecule has 2 aliphatic rings. The van der Waals surface area contributed by atoms with Gasteiger partial charge in [0.05, 0.1) is 6.61 Å². The largest absolute Gasteiger partial charge is 0.380 e. The first-order valence-corrected chi connectivity index (χ1v) is 8.19. The molecule has 2 rings (SSSR count). The van der Waals surface area contributed by atoms with Crippen molar-refractivity contribution in [2.75, 3.05) is 13.2 Å². The van der Waals surface area contributed by atoms with E-state index in [4.69, 9.17) is 10.5 Å². The van der Waals surface area contributed by atoms with E-state index in [9.17, 15) is 0 Å². The maximum Gasteiger partial charge on any atom is 0.0620 e. The third-order valence-corrected chi connectivity index (χ3v) is 4.89. The minimum atomic E-state index is 0.288. The summed E-state index contributed by atoms with van der Waals surface area (Å²) in [4.78, 5) is 0. The standard InChI is InChI=1S/C16H31NO/c17-16(15-10-6-3-7-11-15)13-18-12-14-8-4-1-2-5-9-14/h14-16H,1-13,17H2. The molecule has 18 heavy (non-hydrogen) atoms. The van der Waals surface area contributed by atoms with Gasteiger partial charge in [-0.25, -0.2) is 0 Å². The zero-order valence-corrected chi connectivity index (χ0v) is 11.9. The fourth-order valence-corrected chi connectivity index (χ4v) is 3.60. The van der Waals surface area contributed by atoms with Crippen LogP contribution >= 0.6 is 0 Å². The molecule has 1 unspecified atom stereocenters. The average Bonchev–Trinajstić information content (AvgIpc) is 2.68. The Morgan fingerprint density at radius 1 is 0.833 bits per heavy atom. The van der Waals surface area contributed by atoms with E-state index in [-0.39, 0.29) is 6.04 Å². The molecule has 0 aromatic carbocycles. The highest BCUT2D eigenvalue weighted by Gasteiger charge is 2.21. The molecule has 0 heterocycles. The molecular formula is C16H31NO. The highest BCUT2D eigenvalue weighted by Crippen LogP contribution is 2.26. The van der Waals surface area contributed by atoms with E-state index in [1.165, 1.54) is 70.6 Å². The van der Waals surface area contributed by atoms with Crippen LogP contribution in [0.4, 0.5) is 0 Å². The van der Waals surface area contributed by atoms with E-state index in [1.54, 1.807) is 0 Å². The van der Waals surface area contributed by atoms with Crippen molar-refractivity contribution < 1.29 is 4.74 Å². The van der Waals surface area contributed by atoms with Crippen molar-refractivity contribution in [2.45, 2.75) is 76.7 Å². The number of hydrogen-bond donors (Lipinski definition) is 1. The first-order chi connectivity index (χ1) is 8.86. The Labute approximate surface area is 113 Å². The lowest BCUT2D eigenvalue weighted by Gasteiger charge is -2.27. The lowest BCUT2D eigenvalue weighted by Crippen LogP contribution is -2.36. The van der Waals surface area contributed by atoms with Crippen LogP contribution in [0.3, 0.4) is 0 Å². The summed E-state index contributed by atoms with van der Waals surface area (Å²) in [6, 6.07) is 0.288. The van der Waals surface area contributed by atoms with Crippen LogP contribution in [0.5, 0.6) is 0 Å². The van der Waals surface area contributed by atoms with E-state index in [0.717, 1.165) is 25.0 Å². The van der Waals surface area contributed by atoms with Gasteiger partial charge in [0, 0.05) is 12.6 Å². The van der Waals surface area contributed by atoms with Crippen LogP contribution in [0.15, 0.2) is 0 Å². The number of ether oxygens (including phenoxy) is 1. The number of nitrogens with two attached hydrogens (primary N) is 1. The first-order valence-electron chi connectivity index (χ1n) is 8.19. The van der Waals surface area contributed by atoms with Crippen LogP contribution in [0.25, 0.3) is 0 Å². The molecule has 2 nitrogen and oxygen atoms in total. The van der Waals surface area contributed by atoms with Gasteiger partial charge in [-0.2, -0.15) is 0 Å². The Morgan fingerprint density at radius 2 is 1.39 bits per heavy atom. The minimum Gasteiger partial charge on any atom is -0.380 e. The summed E-state index contributed by atoms with van der Waals surface area (Å²) in [5.74, 6) is 1.54. The van der Waals surface area contributed by atoms with Gasteiger partial charge in [0.15, 0.2) is 0 Å². The molecule has 0 aromatic rings. The summed E-state index contributed by atoms with van der Waals surface area (Å²) in [5.41, 5.74) is 6.27. The van der Waals surface area contributed by atoms with Crippen molar-refractivity contribution in [3.8, 4) is 0 Å². The average molecular weight is 253 g/mol. The van der Waals surface area contributed by atoms with Gasteiger partial charge >= 0.3 is 0 Å². The Hall–Kier alpha value is -0.0800. The summed E-state index contributed by atoms with van der Waals surface area (Å²) >= 11 is 0. The van der Waals surface area contributed by atoms with Crippen molar-refractivity contribution in [1.82, 2.24) is 0 Å². The predicted octanol–water partition coefficient (Wildman–Crippen LogP) is 3.88. The molecule has 0 saturated heterocycles. The molecule has 2 aliphatic carbocycles. The van der Waals surface area contributed by atoms with E-state index in [2.05, 4.69) is 0 Å². The van der Waals surface area contributed by atoms with Crippen LogP contribution in [0, 0.1) is 11.8 Å². The third-order valence-electron chi connectivity index (χ3n) is 4.89. The SMILES string of the molecule is NC(COCC1CCCCCC1)C1CCCCC1. The number of rotatable bonds is 5. The zero-order chi connectivity index (χ0) is 12.6. The molecule has 2 saturated carbocycles. The molecule has 0 spiro atoms. The lowest BCUT2D eigenvalue weighted by molar-refractivity contribution is 0.0674. The van der Waals surface area contributed by atoms with E-state index in [1.807, 2.05) is 0 Å².